The van der Waals surface area contributed by atoms with Crippen LogP contribution < -0.4 is 10.0 Å². The van der Waals surface area contributed by atoms with Crippen molar-refractivity contribution in [3.63, 3.8) is 0 Å². The minimum atomic E-state index is -3.63. The number of ether oxygens (including phenoxy) is 1. The highest BCUT2D eigenvalue weighted by Gasteiger charge is 2.27. The monoisotopic (exact) mass is 333 g/mol. The number of anilines is 1. The summed E-state index contributed by atoms with van der Waals surface area (Å²) in [4.78, 5) is 15.8. The quantitative estimate of drug-likeness (QED) is 0.866. The second kappa shape index (κ2) is 5.99. The van der Waals surface area contributed by atoms with Crippen LogP contribution in [0, 0.1) is 0 Å². The van der Waals surface area contributed by atoms with Gasteiger partial charge in [-0.2, -0.15) is 0 Å². The van der Waals surface area contributed by atoms with Crippen molar-refractivity contribution in [2.24, 2.45) is 0 Å². The van der Waals surface area contributed by atoms with Gasteiger partial charge in [0.25, 0.3) is 15.9 Å². The summed E-state index contributed by atoms with van der Waals surface area (Å²) in [6, 6.07) is 0. The zero-order chi connectivity index (χ0) is 15.7. The molecule has 1 aromatic rings. The molecule has 0 spiro atoms. The molecule has 0 aliphatic carbocycles. The fraction of sp³-hybridized carbons (Fsp3) is 0.667. The highest BCUT2D eigenvalue weighted by atomic mass is 32.2. The molecule has 1 aromatic heterocycles. The molecule has 1 aliphatic rings. The van der Waals surface area contributed by atoms with Gasteiger partial charge in [0.1, 0.15) is 6.10 Å². The predicted molar refractivity (Wildman–Crippen MR) is 79.8 cm³/mol. The summed E-state index contributed by atoms with van der Waals surface area (Å²) in [5.41, 5.74) is -0.579. The molecule has 1 fully saturated rings. The maximum Gasteiger partial charge on any atom is 0.255 e. The smallest absolute Gasteiger partial charge is 0.255 e. The van der Waals surface area contributed by atoms with Crippen molar-refractivity contribution in [3.8, 4) is 0 Å². The summed E-state index contributed by atoms with van der Waals surface area (Å²) in [7, 11) is -3.63. The van der Waals surface area contributed by atoms with Gasteiger partial charge in [-0.05, 0) is 33.6 Å². The Hall–Kier alpha value is -1.03. The number of carbonyl (C=O) groups excluding carboxylic acids is 1. The van der Waals surface area contributed by atoms with Crippen LogP contribution in [0.25, 0.3) is 0 Å². The molecule has 0 unspecified atom stereocenters. The molecule has 2 N–H and O–H groups in total. The maximum atomic E-state index is 12.1. The Bertz CT molecular complexity index is 613. The molecule has 118 valence electrons. The average molecular weight is 333 g/mol. The summed E-state index contributed by atoms with van der Waals surface area (Å²) in [5.74, 6) is -0.283. The third-order valence-electron chi connectivity index (χ3n) is 2.64. The van der Waals surface area contributed by atoms with E-state index in [1.54, 1.807) is 20.8 Å². The van der Waals surface area contributed by atoms with E-state index in [4.69, 9.17) is 4.74 Å². The van der Waals surface area contributed by atoms with Crippen molar-refractivity contribution < 1.29 is 17.9 Å². The third kappa shape index (κ3) is 4.47. The normalized spacial score (nSPS) is 19.7. The summed E-state index contributed by atoms with van der Waals surface area (Å²) >= 11 is 0.919. The summed E-state index contributed by atoms with van der Waals surface area (Å²) in [6.45, 7) is 5.84. The number of amides is 1. The van der Waals surface area contributed by atoms with Gasteiger partial charge >= 0.3 is 0 Å². The number of sulfonamides is 1. The zero-order valence-corrected chi connectivity index (χ0v) is 13.8. The van der Waals surface area contributed by atoms with Crippen LogP contribution in [0.3, 0.4) is 0 Å². The number of rotatable bonds is 4. The Kier molecular flexibility index (Phi) is 4.66. The van der Waals surface area contributed by atoms with E-state index < -0.39 is 21.7 Å². The molecule has 2 rings (SSSR count). The van der Waals surface area contributed by atoms with E-state index >= 15 is 0 Å². The van der Waals surface area contributed by atoms with E-state index in [0.717, 1.165) is 17.8 Å². The average Bonchev–Trinajstić information content (AvgIpc) is 2.95. The van der Waals surface area contributed by atoms with Crippen LogP contribution in [0.1, 0.15) is 33.6 Å². The van der Waals surface area contributed by atoms with Gasteiger partial charge in [0.15, 0.2) is 9.34 Å². The molecule has 2 heterocycles. The van der Waals surface area contributed by atoms with Gasteiger partial charge in [0.05, 0.1) is 6.20 Å². The van der Waals surface area contributed by atoms with Gasteiger partial charge in [0, 0.05) is 12.1 Å². The molecular weight excluding hydrogens is 314 g/mol. The number of nitrogens with zero attached hydrogens (tertiary/aromatic N) is 1. The Morgan fingerprint density at radius 1 is 1.48 bits per heavy atom. The van der Waals surface area contributed by atoms with Crippen molar-refractivity contribution >= 4 is 32.4 Å². The SMILES string of the molecule is CC(C)(C)NS(=O)(=O)c1cnc(NC(=O)[C@H]2CCCO2)s1. The predicted octanol–water partition coefficient (Wildman–Crippen LogP) is 1.34. The van der Waals surface area contributed by atoms with Crippen LogP contribution >= 0.6 is 11.3 Å². The molecule has 21 heavy (non-hydrogen) atoms. The largest absolute Gasteiger partial charge is 0.368 e. The van der Waals surface area contributed by atoms with Crippen LogP contribution in [-0.2, 0) is 19.6 Å². The highest BCUT2D eigenvalue weighted by molar-refractivity contribution is 7.91. The number of aromatic nitrogens is 1. The summed E-state index contributed by atoms with van der Waals surface area (Å²) in [5, 5.41) is 2.84. The maximum absolute atomic E-state index is 12.1. The number of nitrogens with one attached hydrogen (secondary N) is 2. The number of thiazole rings is 1. The van der Waals surface area contributed by atoms with Crippen LogP contribution in [-0.4, -0.2) is 37.6 Å². The van der Waals surface area contributed by atoms with Gasteiger partial charge in [-0.25, -0.2) is 18.1 Å². The molecule has 1 aliphatic heterocycles. The Labute approximate surface area is 128 Å². The van der Waals surface area contributed by atoms with Gasteiger partial charge in [-0.15, -0.1) is 0 Å². The lowest BCUT2D eigenvalue weighted by molar-refractivity contribution is -0.124. The number of hydrogen-bond acceptors (Lipinski definition) is 6. The molecule has 0 radical (unpaired) electrons. The van der Waals surface area contributed by atoms with E-state index in [9.17, 15) is 13.2 Å². The van der Waals surface area contributed by atoms with Crippen LogP contribution in [0.2, 0.25) is 0 Å². The van der Waals surface area contributed by atoms with Gasteiger partial charge in [-0.1, -0.05) is 11.3 Å². The highest BCUT2D eigenvalue weighted by Crippen LogP contribution is 2.24. The van der Waals surface area contributed by atoms with Crippen LogP contribution in [0.4, 0.5) is 5.13 Å². The lowest BCUT2D eigenvalue weighted by Gasteiger charge is -2.19. The Morgan fingerprint density at radius 3 is 2.76 bits per heavy atom. The minimum Gasteiger partial charge on any atom is -0.368 e. The number of hydrogen-bond donors (Lipinski definition) is 2. The minimum absolute atomic E-state index is 0.0695. The first kappa shape index (κ1) is 16.3. The molecule has 9 heteroatoms. The van der Waals surface area contributed by atoms with Crippen molar-refractivity contribution in [1.29, 1.82) is 0 Å². The first-order chi connectivity index (χ1) is 9.67. The van der Waals surface area contributed by atoms with E-state index in [1.807, 2.05) is 0 Å². The van der Waals surface area contributed by atoms with E-state index in [1.165, 1.54) is 6.20 Å². The summed E-state index contributed by atoms with van der Waals surface area (Å²) in [6.07, 6.45) is 2.30. The molecular formula is C12H19N3O4S2. The molecule has 0 saturated carbocycles. The Morgan fingerprint density at radius 2 is 2.19 bits per heavy atom. The third-order valence-corrected chi connectivity index (χ3v) is 5.77. The molecule has 1 saturated heterocycles. The van der Waals surface area contributed by atoms with Crippen molar-refractivity contribution in [2.75, 3.05) is 11.9 Å². The molecule has 1 atom stereocenters. The fourth-order valence-electron chi connectivity index (χ4n) is 1.87. The van der Waals surface area contributed by atoms with Crippen molar-refractivity contribution in [1.82, 2.24) is 9.71 Å². The molecule has 0 bridgehead atoms. The zero-order valence-electron chi connectivity index (χ0n) is 12.2. The van der Waals surface area contributed by atoms with E-state index in [-0.39, 0.29) is 15.2 Å². The molecule has 1 amide bonds. The first-order valence-corrected chi connectivity index (χ1v) is 8.90. The van der Waals surface area contributed by atoms with Crippen LogP contribution in [0.15, 0.2) is 10.4 Å². The molecule has 0 aromatic carbocycles. The Balaban J connectivity index is 2.05. The second-order valence-corrected chi connectivity index (χ2v) is 8.77. The first-order valence-electron chi connectivity index (χ1n) is 6.60. The molecule has 7 nitrogen and oxygen atoms in total. The van der Waals surface area contributed by atoms with Gasteiger partial charge in [-0.3, -0.25) is 10.1 Å². The van der Waals surface area contributed by atoms with Crippen molar-refractivity contribution in [3.05, 3.63) is 6.20 Å². The van der Waals surface area contributed by atoms with Crippen LogP contribution in [0.5, 0.6) is 0 Å². The lowest BCUT2D eigenvalue weighted by atomic mass is 10.1. The fourth-order valence-corrected chi connectivity index (χ4v) is 4.32. The summed E-state index contributed by atoms with van der Waals surface area (Å²) < 4.78 is 32.1. The number of carbonyl (C=O) groups is 1. The standard InChI is InChI=1S/C12H19N3O4S2/c1-12(2,3)15-21(17,18)9-7-13-11(20-9)14-10(16)8-5-4-6-19-8/h7-8,15H,4-6H2,1-3H3,(H,13,14,16)/t8-/m1/s1. The van der Waals surface area contributed by atoms with E-state index in [2.05, 4.69) is 15.0 Å². The topological polar surface area (TPSA) is 97.4 Å². The lowest BCUT2D eigenvalue weighted by Crippen LogP contribution is -2.40. The van der Waals surface area contributed by atoms with E-state index in [0.29, 0.717) is 13.0 Å². The van der Waals surface area contributed by atoms with Gasteiger partial charge < -0.3 is 4.74 Å². The second-order valence-electron chi connectivity index (χ2n) is 5.83. The van der Waals surface area contributed by atoms with Gasteiger partial charge in [0.2, 0.25) is 0 Å². The van der Waals surface area contributed by atoms with Crippen molar-refractivity contribution in [2.45, 2.75) is 49.5 Å².